The summed E-state index contributed by atoms with van der Waals surface area (Å²) in [7, 11) is 1.60. The highest BCUT2D eigenvalue weighted by Crippen LogP contribution is 2.29. The van der Waals surface area contributed by atoms with Crippen molar-refractivity contribution in [3.8, 4) is 34.3 Å². The van der Waals surface area contributed by atoms with Crippen LogP contribution < -0.4 is 10.3 Å². The molecule has 3 aromatic carbocycles. The first-order chi connectivity index (χ1) is 15.7. The van der Waals surface area contributed by atoms with E-state index in [0.717, 1.165) is 17.4 Å². The van der Waals surface area contributed by atoms with E-state index in [1.54, 1.807) is 23.9 Å². The summed E-state index contributed by atoms with van der Waals surface area (Å²) < 4.78 is 12.6. The molecule has 0 aliphatic heterocycles. The van der Waals surface area contributed by atoms with E-state index in [0.29, 0.717) is 34.1 Å². The number of methoxy groups -OCH3 is 1. The Morgan fingerprint density at radius 3 is 2.50 bits per heavy atom. The Morgan fingerprint density at radius 2 is 1.75 bits per heavy atom. The highest BCUT2D eigenvalue weighted by molar-refractivity contribution is 5.94. The van der Waals surface area contributed by atoms with Crippen LogP contribution in [0.15, 0.2) is 88.3 Å². The topological polar surface area (TPSA) is 70.2 Å². The Morgan fingerprint density at radius 1 is 0.969 bits per heavy atom. The van der Waals surface area contributed by atoms with Crippen LogP contribution in [0, 0.1) is 0 Å². The Bertz CT molecular complexity index is 1470. The summed E-state index contributed by atoms with van der Waals surface area (Å²) >= 11 is 0. The zero-order valence-corrected chi connectivity index (χ0v) is 17.8. The normalized spacial score (nSPS) is 11.1. The number of hydrogen-bond acceptors (Lipinski definition) is 5. The van der Waals surface area contributed by atoms with Crippen LogP contribution in [0.1, 0.15) is 12.5 Å². The third kappa shape index (κ3) is 3.46. The van der Waals surface area contributed by atoms with Crippen molar-refractivity contribution >= 4 is 10.8 Å². The Hall–Kier alpha value is -4.19. The van der Waals surface area contributed by atoms with Crippen molar-refractivity contribution in [1.29, 1.82) is 0 Å². The summed E-state index contributed by atoms with van der Waals surface area (Å²) in [6.07, 6.45) is 2.71. The zero-order valence-electron chi connectivity index (χ0n) is 17.8. The Balaban J connectivity index is 1.68. The molecular weight excluding hydrogens is 402 g/mol. The molecule has 32 heavy (non-hydrogen) atoms. The van der Waals surface area contributed by atoms with Gasteiger partial charge in [0.2, 0.25) is 5.82 Å². The second kappa shape index (κ2) is 8.15. The van der Waals surface area contributed by atoms with E-state index < -0.39 is 0 Å². The first kappa shape index (κ1) is 19.8. The lowest BCUT2D eigenvalue weighted by Crippen LogP contribution is -2.18. The molecule has 0 unspecified atom stereocenters. The number of rotatable bonds is 5. The maximum atomic E-state index is 13.3. The van der Waals surface area contributed by atoms with Gasteiger partial charge in [0.1, 0.15) is 5.75 Å². The van der Waals surface area contributed by atoms with Gasteiger partial charge in [-0.2, -0.15) is 4.98 Å². The molecule has 2 heterocycles. The van der Waals surface area contributed by atoms with E-state index in [9.17, 15) is 4.79 Å². The molecule has 0 aliphatic rings. The van der Waals surface area contributed by atoms with Crippen LogP contribution in [0.5, 0.6) is 5.75 Å². The third-order valence-electron chi connectivity index (χ3n) is 5.53. The van der Waals surface area contributed by atoms with Crippen LogP contribution in [0.2, 0.25) is 0 Å². The van der Waals surface area contributed by atoms with Gasteiger partial charge in [-0.1, -0.05) is 60.6 Å². The van der Waals surface area contributed by atoms with Gasteiger partial charge in [0.05, 0.1) is 18.4 Å². The number of pyridine rings is 1. The second-order valence-electron chi connectivity index (χ2n) is 7.44. The van der Waals surface area contributed by atoms with Crippen molar-refractivity contribution in [2.75, 3.05) is 7.11 Å². The van der Waals surface area contributed by atoms with Crippen molar-refractivity contribution in [3.05, 3.63) is 94.9 Å². The molecule has 5 aromatic rings. The zero-order chi connectivity index (χ0) is 22.1. The molecular formula is C26H21N3O3. The van der Waals surface area contributed by atoms with Gasteiger partial charge >= 0.3 is 0 Å². The summed E-state index contributed by atoms with van der Waals surface area (Å²) in [6.45, 7) is 2.11. The number of nitrogens with zero attached hydrogens (tertiary/aromatic N) is 3. The van der Waals surface area contributed by atoms with Crippen molar-refractivity contribution in [2.24, 2.45) is 0 Å². The number of ether oxygens (including phenoxy) is 1. The number of hydrogen-bond donors (Lipinski definition) is 0. The van der Waals surface area contributed by atoms with Gasteiger partial charge in [-0.25, -0.2) is 0 Å². The lowest BCUT2D eigenvalue weighted by Gasteiger charge is -2.11. The SMILES string of the molecule is CCc1ccc(-c2noc(-c3cn(-c4cccc(OC)c4)c(=O)c4ccccc34)n2)cc1. The number of fused-ring (bicyclic) bond motifs is 1. The largest absolute Gasteiger partial charge is 0.497 e. The molecule has 2 aromatic heterocycles. The van der Waals surface area contributed by atoms with E-state index in [-0.39, 0.29) is 5.56 Å². The van der Waals surface area contributed by atoms with Crippen LogP contribution in [0.4, 0.5) is 0 Å². The molecule has 0 N–H and O–H groups in total. The van der Waals surface area contributed by atoms with Crippen LogP contribution in [-0.2, 0) is 6.42 Å². The Labute approximate surface area is 184 Å². The second-order valence-corrected chi connectivity index (χ2v) is 7.44. The molecule has 0 fully saturated rings. The molecule has 0 amide bonds. The molecule has 6 heteroatoms. The molecule has 0 radical (unpaired) electrons. The number of aromatic nitrogens is 3. The summed E-state index contributed by atoms with van der Waals surface area (Å²) in [5, 5.41) is 5.51. The summed E-state index contributed by atoms with van der Waals surface area (Å²) in [5.41, 5.74) is 3.37. The molecule has 5 rings (SSSR count). The maximum absolute atomic E-state index is 13.3. The minimum atomic E-state index is -0.132. The van der Waals surface area contributed by atoms with Gasteiger partial charge in [-0.05, 0) is 30.2 Å². The van der Waals surface area contributed by atoms with E-state index in [2.05, 4.69) is 29.2 Å². The van der Waals surface area contributed by atoms with Crippen LogP contribution in [0.3, 0.4) is 0 Å². The summed E-state index contributed by atoms with van der Waals surface area (Å²) in [5.74, 6) is 1.53. The van der Waals surface area contributed by atoms with E-state index >= 15 is 0 Å². The van der Waals surface area contributed by atoms with E-state index in [1.807, 2.05) is 54.6 Å². The third-order valence-corrected chi connectivity index (χ3v) is 5.53. The standard InChI is InChI=1S/C26H21N3O3/c1-3-17-11-13-18(14-12-17)24-27-25(32-28-24)23-16-29(19-7-6-8-20(15-19)31-2)26(30)22-10-5-4-9-21(22)23/h4-16H,3H2,1-2H3. The monoisotopic (exact) mass is 423 g/mol. The fourth-order valence-electron chi connectivity index (χ4n) is 3.75. The smallest absolute Gasteiger partial charge is 0.262 e. The highest BCUT2D eigenvalue weighted by Gasteiger charge is 2.17. The minimum Gasteiger partial charge on any atom is -0.497 e. The first-order valence-corrected chi connectivity index (χ1v) is 10.4. The maximum Gasteiger partial charge on any atom is 0.262 e. The van der Waals surface area contributed by atoms with Crippen LogP contribution >= 0.6 is 0 Å². The lowest BCUT2D eigenvalue weighted by atomic mass is 10.1. The first-order valence-electron chi connectivity index (χ1n) is 10.4. The predicted octanol–water partition coefficient (Wildman–Crippen LogP) is 5.28. The van der Waals surface area contributed by atoms with Gasteiger partial charge in [0.15, 0.2) is 0 Å². The van der Waals surface area contributed by atoms with E-state index in [1.165, 1.54) is 5.56 Å². The van der Waals surface area contributed by atoms with Crippen LogP contribution in [0.25, 0.3) is 39.3 Å². The van der Waals surface area contributed by atoms with Crippen molar-refractivity contribution in [1.82, 2.24) is 14.7 Å². The number of benzene rings is 3. The molecule has 0 saturated heterocycles. The van der Waals surface area contributed by atoms with E-state index in [4.69, 9.17) is 9.26 Å². The molecule has 0 spiro atoms. The lowest BCUT2D eigenvalue weighted by molar-refractivity contribution is 0.414. The van der Waals surface area contributed by atoms with Gasteiger partial charge in [0, 0.05) is 28.6 Å². The number of aryl methyl sites for hydroxylation is 1. The fraction of sp³-hybridized carbons (Fsp3) is 0.115. The van der Waals surface area contributed by atoms with Gasteiger partial charge in [-0.3, -0.25) is 9.36 Å². The summed E-state index contributed by atoms with van der Waals surface area (Å²) in [4.78, 5) is 17.9. The van der Waals surface area contributed by atoms with Crippen molar-refractivity contribution in [3.63, 3.8) is 0 Å². The molecule has 0 saturated carbocycles. The van der Waals surface area contributed by atoms with Gasteiger partial charge in [0.25, 0.3) is 11.4 Å². The van der Waals surface area contributed by atoms with Gasteiger partial charge < -0.3 is 9.26 Å². The molecule has 158 valence electrons. The predicted molar refractivity (Wildman–Crippen MR) is 124 cm³/mol. The summed E-state index contributed by atoms with van der Waals surface area (Å²) in [6, 6.07) is 22.9. The molecule has 0 bridgehead atoms. The molecule has 6 nitrogen and oxygen atoms in total. The molecule has 0 atom stereocenters. The van der Waals surface area contributed by atoms with Crippen molar-refractivity contribution in [2.45, 2.75) is 13.3 Å². The minimum absolute atomic E-state index is 0.132. The highest BCUT2D eigenvalue weighted by atomic mass is 16.5. The quantitative estimate of drug-likeness (QED) is 0.385. The fourth-order valence-corrected chi connectivity index (χ4v) is 3.75. The van der Waals surface area contributed by atoms with Crippen molar-refractivity contribution < 1.29 is 9.26 Å². The molecule has 0 aliphatic carbocycles. The van der Waals surface area contributed by atoms with Crippen LogP contribution in [-0.4, -0.2) is 21.8 Å². The average Bonchev–Trinajstić information content (AvgIpc) is 3.34. The Kier molecular flexibility index (Phi) is 5.03. The van der Waals surface area contributed by atoms with Gasteiger partial charge in [-0.15, -0.1) is 0 Å². The average molecular weight is 423 g/mol.